The van der Waals surface area contributed by atoms with Crippen LogP contribution in [0.4, 0.5) is 5.95 Å². The van der Waals surface area contributed by atoms with Crippen LogP contribution < -0.4 is 5.73 Å². The molecule has 0 aliphatic carbocycles. The number of hydrogen-bond acceptors (Lipinski definition) is 7. The molecule has 2 aromatic rings. The van der Waals surface area contributed by atoms with Gasteiger partial charge in [0, 0.05) is 13.3 Å². The van der Waals surface area contributed by atoms with Crippen molar-refractivity contribution in [2.45, 2.75) is 31.5 Å². The molecule has 0 spiro atoms. The number of halogens is 1. The number of nitrogens with two attached hydrogens (primary N) is 1. The van der Waals surface area contributed by atoms with Crippen LogP contribution in [-0.2, 0) is 9.47 Å². The molecule has 120 valence electrons. The van der Waals surface area contributed by atoms with Gasteiger partial charge in [0.2, 0.25) is 5.95 Å². The van der Waals surface area contributed by atoms with Gasteiger partial charge in [-0.05, 0) is 12.5 Å². The van der Waals surface area contributed by atoms with E-state index >= 15 is 0 Å². The average Bonchev–Trinajstić information content (AvgIpc) is 2.96. The standard InChI is InChI=1S/C13H17ClN4O4/c1-5-3-18(11-7(5)10(14)16-13(15)17-11)12-9(21-2)8(20)6(4-19)22-12/h3,6,8-9,12,19-20H,4H2,1-2H3,(H2,15,16,17)/t6-,8-,9-,12?/m1/s1. The van der Waals surface area contributed by atoms with Gasteiger partial charge in [-0.15, -0.1) is 0 Å². The van der Waals surface area contributed by atoms with Crippen molar-refractivity contribution in [1.29, 1.82) is 0 Å². The molecule has 8 nitrogen and oxygen atoms in total. The van der Waals surface area contributed by atoms with Crippen LogP contribution in [0.3, 0.4) is 0 Å². The first-order valence-corrected chi connectivity index (χ1v) is 7.13. The smallest absolute Gasteiger partial charge is 0.223 e. The fourth-order valence-electron chi connectivity index (χ4n) is 2.84. The predicted molar refractivity (Wildman–Crippen MR) is 79.5 cm³/mol. The SMILES string of the molecule is CO[C@H]1C(n2cc(C)c3c(Cl)nc(N)nc32)O[C@H](CO)[C@H]1O. The molecule has 0 bridgehead atoms. The number of fused-ring (bicyclic) bond motifs is 1. The summed E-state index contributed by atoms with van der Waals surface area (Å²) < 4.78 is 12.7. The van der Waals surface area contributed by atoms with Crippen molar-refractivity contribution in [2.75, 3.05) is 19.5 Å². The molecule has 4 N–H and O–H groups in total. The van der Waals surface area contributed by atoms with Crippen molar-refractivity contribution in [3.8, 4) is 0 Å². The predicted octanol–water partition coefficient (Wildman–Crippen LogP) is 0.241. The van der Waals surface area contributed by atoms with E-state index in [1.807, 2.05) is 6.92 Å². The number of nitrogen functional groups attached to an aromatic ring is 1. The molecule has 3 rings (SSSR count). The number of anilines is 1. The number of rotatable bonds is 3. The first-order chi connectivity index (χ1) is 10.5. The molecule has 1 aliphatic heterocycles. The maximum Gasteiger partial charge on any atom is 0.223 e. The van der Waals surface area contributed by atoms with Crippen LogP contribution in [-0.4, -0.2) is 56.8 Å². The Morgan fingerprint density at radius 3 is 2.86 bits per heavy atom. The number of aliphatic hydroxyl groups is 2. The largest absolute Gasteiger partial charge is 0.394 e. The molecule has 0 amide bonds. The van der Waals surface area contributed by atoms with Gasteiger partial charge in [-0.1, -0.05) is 11.6 Å². The van der Waals surface area contributed by atoms with Gasteiger partial charge in [0.05, 0.1) is 12.0 Å². The number of aliphatic hydroxyl groups excluding tert-OH is 2. The van der Waals surface area contributed by atoms with Gasteiger partial charge in [0.25, 0.3) is 0 Å². The van der Waals surface area contributed by atoms with Crippen LogP contribution in [0.25, 0.3) is 11.0 Å². The van der Waals surface area contributed by atoms with Gasteiger partial charge >= 0.3 is 0 Å². The van der Waals surface area contributed by atoms with E-state index in [1.54, 1.807) is 10.8 Å². The Morgan fingerprint density at radius 1 is 1.50 bits per heavy atom. The van der Waals surface area contributed by atoms with Gasteiger partial charge in [0.15, 0.2) is 6.23 Å². The Morgan fingerprint density at radius 2 is 2.23 bits per heavy atom. The van der Waals surface area contributed by atoms with E-state index in [0.29, 0.717) is 11.0 Å². The van der Waals surface area contributed by atoms with Crippen molar-refractivity contribution in [3.05, 3.63) is 16.9 Å². The van der Waals surface area contributed by atoms with Gasteiger partial charge < -0.3 is 30.0 Å². The number of hydrogen-bond donors (Lipinski definition) is 3. The summed E-state index contributed by atoms with van der Waals surface area (Å²) in [6.07, 6.45) is -1.20. The summed E-state index contributed by atoms with van der Waals surface area (Å²) in [4.78, 5) is 8.16. The molecule has 2 aromatic heterocycles. The number of aryl methyl sites for hydroxylation is 1. The third kappa shape index (κ3) is 2.24. The first-order valence-electron chi connectivity index (χ1n) is 6.75. The normalized spacial score (nSPS) is 28.6. The summed E-state index contributed by atoms with van der Waals surface area (Å²) >= 11 is 6.14. The summed E-state index contributed by atoms with van der Waals surface area (Å²) in [5.41, 5.74) is 7.01. The lowest BCUT2D eigenvalue weighted by Gasteiger charge is -2.20. The van der Waals surface area contributed by atoms with Gasteiger partial charge in [-0.2, -0.15) is 4.98 Å². The Hall–Kier alpha value is -1.45. The van der Waals surface area contributed by atoms with Crippen molar-refractivity contribution >= 4 is 28.6 Å². The van der Waals surface area contributed by atoms with Crippen molar-refractivity contribution in [2.24, 2.45) is 0 Å². The highest BCUT2D eigenvalue weighted by Gasteiger charge is 2.45. The third-order valence-electron chi connectivity index (χ3n) is 3.87. The van der Waals surface area contributed by atoms with E-state index in [4.69, 9.17) is 26.8 Å². The van der Waals surface area contributed by atoms with Gasteiger partial charge in [0.1, 0.15) is 29.1 Å². The topological polar surface area (TPSA) is 116 Å². The molecule has 1 unspecified atom stereocenters. The van der Waals surface area contributed by atoms with Crippen LogP contribution >= 0.6 is 11.6 Å². The molecular formula is C13H17ClN4O4. The highest BCUT2D eigenvalue weighted by atomic mass is 35.5. The molecular weight excluding hydrogens is 312 g/mol. The zero-order valence-electron chi connectivity index (χ0n) is 12.1. The molecule has 0 aromatic carbocycles. The molecule has 3 heterocycles. The molecule has 22 heavy (non-hydrogen) atoms. The molecule has 9 heteroatoms. The maximum atomic E-state index is 10.2. The van der Waals surface area contributed by atoms with E-state index in [0.717, 1.165) is 5.56 Å². The van der Waals surface area contributed by atoms with E-state index in [1.165, 1.54) is 7.11 Å². The highest BCUT2D eigenvalue weighted by molar-refractivity contribution is 6.34. The van der Waals surface area contributed by atoms with Crippen LogP contribution in [0.15, 0.2) is 6.20 Å². The monoisotopic (exact) mass is 328 g/mol. The maximum absolute atomic E-state index is 10.2. The third-order valence-corrected chi connectivity index (χ3v) is 4.15. The number of nitrogens with zero attached hydrogens (tertiary/aromatic N) is 3. The van der Waals surface area contributed by atoms with Crippen LogP contribution in [0.1, 0.15) is 11.8 Å². The summed E-state index contributed by atoms with van der Waals surface area (Å²) in [5.74, 6) is 0.0445. The lowest BCUT2D eigenvalue weighted by molar-refractivity contribution is -0.0580. The fraction of sp³-hybridized carbons (Fsp3) is 0.538. The zero-order chi connectivity index (χ0) is 16.0. The van der Waals surface area contributed by atoms with E-state index < -0.39 is 24.5 Å². The molecule has 0 radical (unpaired) electrons. The second kappa shape index (κ2) is 5.64. The van der Waals surface area contributed by atoms with Crippen molar-refractivity contribution < 1.29 is 19.7 Å². The number of aromatic nitrogens is 3. The van der Waals surface area contributed by atoms with Crippen LogP contribution in [0, 0.1) is 6.92 Å². The van der Waals surface area contributed by atoms with Crippen LogP contribution in [0.2, 0.25) is 5.15 Å². The van der Waals surface area contributed by atoms with Crippen LogP contribution in [0.5, 0.6) is 0 Å². The molecule has 4 atom stereocenters. The summed E-state index contributed by atoms with van der Waals surface area (Å²) in [6.45, 7) is 1.55. The Bertz CT molecular complexity index is 707. The first kappa shape index (κ1) is 15.4. The van der Waals surface area contributed by atoms with E-state index in [9.17, 15) is 10.2 Å². The Kier molecular flexibility index (Phi) is 3.96. The lowest BCUT2D eigenvalue weighted by atomic mass is 10.1. The minimum Gasteiger partial charge on any atom is -0.394 e. The Balaban J connectivity index is 2.14. The fourth-order valence-corrected chi connectivity index (χ4v) is 3.16. The van der Waals surface area contributed by atoms with E-state index in [-0.39, 0.29) is 17.7 Å². The molecule has 1 saturated heterocycles. The van der Waals surface area contributed by atoms with E-state index in [2.05, 4.69) is 9.97 Å². The van der Waals surface area contributed by atoms with Crippen molar-refractivity contribution in [1.82, 2.24) is 14.5 Å². The highest BCUT2D eigenvalue weighted by Crippen LogP contribution is 2.36. The minimum absolute atomic E-state index is 0.0445. The number of ether oxygens (including phenoxy) is 2. The quantitative estimate of drug-likeness (QED) is 0.691. The molecule has 1 fully saturated rings. The van der Waals surface area contributed by atoms with Gasteiger partial charge in [-0.3, -0.25) is 0 Å². The lowest BCUT2D eigenvalue weighted by Crippen LogP contribution is -2.34. The summed E-state index contributed by atoms with van der Waals surface area (Å²) in [7, 11) is 1.47. The Labute approximate surface area is 131 Å². The molecule has 0 saturated carbocycles. The minimum atomic E-state index is -0.951. The second-order valence-electron chi connectivity index (χ2n) is 5.23. The zero-order valence-corrected chi connectivity index (χ0v) is 12.9. The number of methoxy groups -OCH3 is 1. The van der Waals surface area contributed by atoms with Gasteiger partial charge in [-0.25, -0.2) is 4.98 Å². The summed E-state index contributed by atoms with van der Waals surface area (Å²) in [6, 6.07) is 0. The second-order valence-corrected chi connectivity index (χ2v) is 5.59. The van der Waals surface area contributed by atoms with Crippen molar-refractivity contribution in [3.63, 3.8) is 0 Å². The summed E-state index contributed by atoms with van der Waals surface area (Å²) in [5, 5.41) is 20.4. The molecule has 1 aliphatic rings. The average molecular weight is 329 g/mol.